The fourth-order valence-electron chi connectivity index (χ4n) is 1.57. The van der Waals surface area contributed by atoms with Crippen LogP contribution in [0.2, 0.25) is 0 Å². The van der Waals surface area contributed by atoms with Gasteiger partial charge in [0.05, 0.1) is 6.26 Å². The van der Waals surface area contributed by atoms with Crippen LogP contribution in [0.3, 0.4) is 0 Å². The molecule has 0 bridgehead atoms. The van der Waals surface area contributed by atoms with Crippen molar-refractivity contribution in [3.63, 3.8) is 0 Å². The number of rotatable bonds is 7. The quantitative estimate of drug-likeness (QED) is 0.767. The zero-order valence-electron chi connectivity index (χ0n) is 11.5. The van der Waals surface area contributed by atoms with Gasteiger partial charge in [-0.2, -0.15) is 4.31 Å². The highest BCUT2D eigenvalue weighted by Gasteiger charge is 2.15. The summed E-state index contributed by atoms with van der Waals surface area (Å²) in [5.41, 5.74) is -0.0384. The number of halogens is 2. The summed E-state index contributed by atoms with van der Waals surface area (Å²) in [7, 11) is -3.40. The number of hydrogen-bond donors (Lipinski definition) is 1. The summed E-state index contributed by atoms with van der Waals surface area (Å²) in [4.78, 5) is 11.7. The predicted octanol–water partition coefficient (Wildman–Crippen LogP) is 1.14. The number of nitrogens with one attached hydrogen (secondary N) is 1. The monoisotopic (exact) mass is 318 g/mol. The molecule has 1 rings (SSSR count). The molecule has 0 aliphatic heterocycles. The van der Waals surface area contributed by atoms with Crippen molar-refractivity contribution in [3.05, 3.63) is 48.1 Å². The van der Waals surface area contributed by atoms with Crippen molar-refractivity contribution in [2.24, 2.45) is 0 Å². The van der Waals surface area contributed by atoms with Gasteiger partial charge in [-0.25, -0.2) is 17.2 Å². The molecule has 0 fully saturated rings. The fraction of sp³-hybridized carbons (Fsp3) is 0.308. The third-order valence-electron chi connectivity index (χ3n) is 2.63. The number of sulfonamides is 1. The van der Waals surface area contributed by atoms with E-state index in [1.807, 2.05) is 0 Å². The molecule has 1 N–H and O–H groups in total. The van der Waals surface area contributed by atoms with Gasteiger partial charge in [0.15, 0.2) is 11.6 Å². The summed E-state index contributed by atoms with van der Waals surface area (Å²) in [6, 6.07) is 2.78. The summed E-state index contributed by atoms with van der Waals surface area (Å²) >= 11 is 0. The van der Waals surface area contributed by atoms with Gasteiger partial charge >= 0.3 is 0 Å². The third kappa shape index (κ3) is 5.24. The largest absolute Gasteiger partial charge is 0.351 e. The van der Waals surface area contributed by atoms with Gasteiger partial charge in [-0.15, -0.1) is 6.58 Å². The van der Waals surface area contributed by atoms with E-state index in [9.17, 15) is 22.0 Å². The van der Waals surface area contributed by atoms with Crippen molar-refractivity contribution in [3.8, 4) is 0 Å². The van der Waals surface area contributed by atoms with E-state index in [4.69, 9.17) is 0 Å². The SMILES string of the molecule is C=CCN(CCNC(=O)c1ccc(F)c(F)c1)S(C)(=O)=O. The van der Waals surface area contributed by atoms with Gasteiger partial charge in [0.1, 0.15) is 0 Å². The van der Waals surface area contributed by atoms with Gasteiger partial charge in [-0.1, -0.05) is 6.08 Å². The Balaban J connectivity index is 2.60. The van der Waals surface area contributed by atoms with Crippen LogP contribution in [0.25, 0.3) is 0 Å². The number of carbonyl (C=O) groups is 1. The highest BCUT2D eigenvalue weighted by Crippen LogP contribution is 2.08. The average Bonchev–Trinajstić information content (AvgIpc) is 2.39. The minimum atomic E-state index is -3.40. The summed E-state index contributed by atoms with van der Waals surface area (Å²) in [6.07, 6.45) is 2.48. The topological polar surface area (TPSA) is 66.5 Å². The zero-order chi connectivity index (χ0) is 16.0. The summed E-state index contributed by atoms with van der Waals surface area (Å²) in [5.74, 6) is -2.77. The van der Waals surface area contributed by atoms with Crippen LogP contribution >= 0.6 is 0 Å². The predicted molar refractivity (Wildman–Crippen MR) is 75.3 cm³/mol. The van der Waals surface area contributed by atoms with Gasteiger partial charge in [0.2, 0.25) is 10.0 Å². The summed E-state index contributed by atoms with van der Waals surface area (Å²) < 4.78 is 49.7. The van der Waals surface area contributed by atoms with Crippen molar-refractivity contribution in [1.82, 2.24) is 9.62 Å². The van der Waals surface area contributed by atoms with E-state index in [1.54, 1.807) is 0 Å². The molecule has 8 heteroatoms. The lowest BCUT2D eigenvalue weighted by atomic mass is 10.2. The van der Waals surface area contributed by atoms with Gasteiger partial charge < -0.3 is 5.32 Å². The average molecular weight is 318 g/mol. The first-order valence-electron chi connectivity index (χ1n) is 6.05. The maximum atomic E-state index is 13.0. The number of carbonyl (C=O) groups excluding carboxylic acids is 1. The van der Waals surface area contributed by atoms with Gasteiger partial charge in [0, 0.05) is 25.2 Å². The Bertz CT molecular complexity index is 632. The van der Waals surface area contributed by atoms with Gasteiger partial charge in [-0.3, -0.25) is 4.79 Å². The smallest absolute Gasteiger partial charge is 0.251 e. The number of hydrogen-bond acceptors (Lipinski definition) is 3. The molecule has 0 aliphatic carbocycles. The first-order valence-corrected chi connectivity index (χ1v) is 7.90. The van der Waals surface area contributed by atoms with Crippen molar-refractivity contribution in [2.45, 2.75) is 0 Å². The van der Waals surface area contributed by atoms with Crippen LogP contribution in [-0.4, -0.2) is 44.5 Å². The van der Waals surface area contributed by atoms with Crippen molar-refractivity contribution in [1.29, 1.82) is 0 Å². The third-order valence-corrected chi connectivity index (χ3v) is 3.90. The van der Waals surface area contributed by atoms with E-state index < -0.39 is 27.6 Å². The summed E-state index contributed by atoms with van der Waals surface area (Å²) in [6.45, 7) is 3.67. The van der Waals surface area contributed by atoms with E-state index in [2.05, 4.69) is 11.9 Å². The molecule has 0 saturated carbocycles. The lowest BCUT2D eigenvalue weighted by Crippen LogP contribution is -2.38. The molecule has 0 heterocycles. The Hall–Kier alpha value is -1.80. The second-order valence-corrected chi connectivity index (χ2v) is 6.28. The highest BCUT2D eigenvalue weighted by molar-refractivity contribution is 7.88. The van der Waals surface area contributed by atoms with E-state index in [0.29, 0.717) is 0 Å². The molecule has 0 unspecified atom stereocenters. The van der Waals surface area contributed by atoms with Crippen LogP contribution in [0.15, 0.2) is 30.9 Å². The molecular formula is C13H16F2N2O3S. The van der Waals surface area contributed by atoms with Crippen LogP contribution in [-0.2, 0) is 10.0 Å². The van der Waals surface area contributed by atoms with Crippen LogP contribution in [0.5, 0.6) is 0 Å². The Kier molecular flexibility index (Phi) is 5.98. The molecule has 0 radical (unpaired) electrons. The van der Waals surface area contributed by atoms with Crippen molar-refractivity contribution < 1.29 is 22.0 Å². The lowest BCUT2D eigenvalue weighted by Gasteiger charge is -2.18. The summed E-state index contributed by atoms with van der Waals surface area (Å²) in [5, 5.41) is 2.44. The molecule has 1 aromatic rings. The van der Waals surface area contributed by atoms with Gasteiger partial charge in [0.25, 0.3) is 5.91 Å². The number of benzene rings is 1. The molecule has 5 nitrogen and oxygen atoms in total. The van der Waals surface area contributed by atoms with Crippen LogP contribution < -0.4 is 5.32 Å². The molecule has 21 heavy (non-hydrogen) atoms. The Morgan fingerprint density at radius 1 is 1.38 bits per heavy atom. The maximum absolute atomic E-state index is 13.0. The van der Waals surface area contributed by atoms with E-state index in [0.717, 1.165) is 28.8 Å². The van der Waals surface area contributed by atoms with Crippen LogP contribution in [0, 0.1) is 11.6 Å². The molecule has 1 aromatic carbocycles. The molecule has 0 atom stereocenters. The number of nitrogens with zero attached hydrogens (tertiary/aromatic N) is 1. The zero-order valence-corrected chi connectivity index (χ0v) is 12.3. The van der Waals surface area contributed by atoms with E-state index >= 15 is 0 Å². The fourth-order valence-corrected chi connectivity index (χ4v) is 2.37. The van der Waals surface area contributed by atoms with E-state index in [1.165, 1.54) is 6.08 Å². The number of amides is 1. The van der Waals surface area contributed by atoms with Gasteiger partial charge in [-0.05, 0) is 18.2 Å². The molecule has 1 amide bonds. The van der Waals surface area contributed by atoms with Crippen LogP contribution in [0.1, 0.15) is 10.4 Å². The molecule has 0 spiro atoms. The molecule has 116 valence electrons. The van der Waals surface area contributed by atoms with Crippen LogP contribution in [0.4, 0.5) is 8.78 Å². The second-order valence-electron chi connectivity index (χ2n) is 4.29. The standard InChI is InChI=1S/C13H16F2N2O3S/c1-3-7-17(21(2,19)20)8-6-16-13(18)10-4-5-11(14)12(15)9-10/h3-5,9H,1,6-8H2,2H3,(H,16,18). The Morgan fingerprint density at radius 3 is 2.57 bits per heavy atom. The lowest BCUT2D eigenvalue weighted by molar-refractivity contribution is 0.0951. The van der Waals surface area contributed by atoms with Crippen molar-refractivity contribution in [2.75, 3.05) is 25.9 Å². The van der Waals surface area contributed by atoms with Crippen molar-refractivity contribution >= 4 is 15.9 Å². The molecule has 0 saturated heterocycles. The minimum absolute atomic E-state index is 0.0384. The Morgan fingerprint density at radius 2 is 2.05 bits per heavy atom. The first-order chi connectivity index (χ1) is 9.75. The molecular weight excluding hydrogens is 302 g/mol. The highest BCUT2D eigenvalue weighted by atomic mass is 32.2. The molecule has 0 aromatic heterocycles. The maximum Gasteiger partial charge on any atom is 0.251 e. The molecule has 0 aliphatic rings. The first kappa shape index (κ1) is 17.3. The second kappa shape index (κ2) is 7.28. The Labute approximate surface area is 122 Å². The minimum Gasteiger partial charge on any atom is -0.351 e. The normalized spacial score (nSPS) is 11.4. The van der Waals surface area contributed by atoms with E-state index in [-0.39, 0.29) is 25.2 Å².